The van der Waals surface area contributed by atoms with E-state index in [1.165, 1.54) is 315 Å². The number of allylic oxidation sites excluding steroid dienone is 4. The fraction of sp³-hybridized carbons (Fsp3) is 0.907. The molecular weight excluding hydrogens is 997 g/mol. The minimum absolute atomic E-state index is 0.0692. The first-order chi connectivity index (χ1) is 40.0. The fourth-order valence-corrected chi connectivity index (χ4v) is 11.4. The number of hydrogen-bond donors (Lipinski definition) is 0. The van der Waals surface area contributed by atoms with Gasteiger partial charge in [-0.1, -0.05) is 353 Å². The largest absolute Gasteiger partial charge is 0.462 e. The highest BCUT2D eigenvalue weighted by atomic mass is 16.6. The van der Waals surface area contributed by atoms with Crippen molar-refractivity contribution in [2.75, 3.05) is 13.2 Å². The van der Waals surface area contributed by atoms with Crippen molar-refractivity contribution in [3.63, 3.8) is 0 Å². The van der Waals surface area contributed by atoms with Crippen molar-refractivity contribution in [3.8, 4) is 0 Å². The lowest BCUT2D eigenvalue weighted by Gasteiger charge is -2.18. The molecule has 0 aliphatic rings. The minimum Gasteiger partial charge on any atom is -0.462 e. The van der Waals surface area contributed by atoms with E-state index in [0.717, 1.165) is 64.2 Å². The van der Waals surface area contributed by atoms with E-state index in [0.29, 0.717) is 19.3 Å². The molecule has 0 heterocycles. The molecule has 1 atom stereocenters. The molecule has 478 valence electrons. The molecule has 1 unspecified atom stereocenters. The lowest BCUT2D eigenvalue weighted by atomic mass is 10.0. The van der Waals surface area contributed by atoms with E-state index >= 15 is 0 Å². The number of esters is 3. The van der Waals surface area contributed by atoms with E-state index in [9.17, 15) is 14.4 Å². The number of ether oxygens (including phenoxy) is 3. The quantitative estimate of drug-likeness (QED) is 0.0261. The predicted octanol–water partition coefficient (Wildman–Crippen LogP) is 25.3. The second kappa shape index (κ2) is 70.4. The molecule has 0 aromatic rings. The summed E-state index contributed by atoms with van der Waals surface area (Å²) in [7, 11) is 0. The number of hydrogen-bond acceptors (Lipinski definition) is 6. The topological polar surface area (TPSA) is 78.9 Å². The van der Waals surface area contributed by atoms with E-state index in [2.05, 4.69) is 45.1 Å². The molecule has 0 rings (SSSR count). The predicted molar refractivity (Wildman–Crippen MR) is 353 cm³/mol. The van der Waals surface area contributed by atoms with E-state index in [1.54, 1.807) is 0 Å². The number of carbonyl (C=O) groups is 3. The van der Waals surface area contributed by atoms with Crippen molar-refractivity contribution < 1.29 is 28.6 Å². The van der Waals surface area contributed by atoms with Crippen LogP contribution in [0.25, 0.3) is 0 Å². The Balaban J connectivity index is 4.20. The summed E-state index contributed by atoms with van der Waals surface area (Å²) in [5, 5.41) is 0. The van der Waals surface area contributed by atoms with Crippen LogP contribution in [-0.4, -0.2) is 37.2 Å². The summed E-state index contributed by atoms with van der Waals surface area (Å²) in [4.78, 5) is 38.5. The van der Waals surface area contributed by atoms with Gasteiger partial charge in [0, 0.05) is 19.3 Å². The second-order valence-corrected chi connectivity index (χ2v) is 25.2. The molecule has 6 nitrogen and oxygen atoms in total. The van der Waals surface area contributed by atoms with Crippen LogP contribution in [0.15, 0.2) is 24.3 Å². The maximum atomic E-state index is 13.0. The van der Waals surface area contributed by atoms with E-state index < -0.39 is 6.10 Å². The molecule has 0 spiro atoms. The highest BCUT2D eigenvalue weighted by Crippen LogP contribution is 2.19. The number of rotatable bonds is 69. The smallest absolute Gasteiger partial charge is 0.306 e. The van der Waals surface area contributed by atoms with Crippen LogP contribution in [0.2, 0.25) is 0 Å². The Morgan fingerprint density at radius 1 is 0.235 bits per heavy atom. The molecule has 0 amide bonds. The summed E-state index contributed by atoms with van der Waals surface area (Å²) in [6.45, 7) is 6.71. The highest BCUT2D eigenvalue weighted by molar-refractivity contribution is 5.71. The molecule has 81 heavy (non-hydrogen) atoms. The molecule has 6 heteroatoms. The zero-order valence-corrected chi connectivity index (χ0v) is 55.1. The van der Waals surface area contributed by atoms with Crippen molar-refractivity contribution in [2.45, 2.75) is 425 Å². The highest BCUT2D eigenvalue weighted by Gasteiger charge is 2.19. The Morgan fingerprint density at radius 3 is 0.617 bits per heavy atom. The zero-order valence-electron chi connectivity index (χ0n) is 55.1. The van der Waals surface area contributed by atoms with Crippen molar-refractivity contribution in [3.05, 3.63) is 24.3 Å². The summed E-state index contributed by atoms with van der Waals surface area (Å²) in [5.74, 6) is -0.848. The molecule has 0 saturated carbocycles. The Kier molecular flexibility index (Phi) is 68.5. The molecule has 0 fully saturated rings. The lowest BCUT2D eigenvalue weighted by molar-refractivity contribution is -0.167. The van der Waals surface area contributed by atoms with Gasteiger partial charge < -0.3 is 14.2 Å². The monoisotopic (exact) mass is 1140 g/mol. The summed E-state index contributed by atoms with van der Waals surface area (Å²) < 4.78 is 17.0. The summed E-state index contributed by atoms with van der Waals surface area (Å²) in [6.07, 6.45) is 86.5. The van der Waals surface area contributed by atoms with Crippen molar-refractivity contribution in [1.82, 2.24) is 0 Å². The number of carbonyl (C=O) groups excluding carboxylic acids is 3. The van der Waals surface area contributed by atoms with Crippen LogP contribution in [0.1, 0.15) is 419 Å². The Morgan fingerprint density at radius 2 is 0.407 bits per heavy atom. The average Bonchev–Trinajstić information content (AvgIpc) is 3.47. The maximum absolute atomic E-state index is 13.0. The first-order valence-electron chi connectivity index (χ1n) is 36.8. The molecule has 0 saturated heterocycles. The molecule has 0 aliphatic carbocycles. The van der Waals surface area contributed by atoms with Gasteiger partial charge in [-0.15, -0.1) is 0 Å². The number of unbranched alkanes of at least 4 members (excludes halogenated alkanes) is 54. The van der Waals surface area contributed by atoms with E-state index in [4.69, 9.17) is 14.2 Å². The van der Waals surface area contributed by atoms with Crippen LogP contribution in [0.3, 0.4) is 0 Å². The second-order valence-electron chi connectivity index (χ2n) is 25.2. The van der Waals surface area contributed by atoms with Crippen LogP contribution >= 0.6 is 0 Å². The van der Waals surface area contributed by atoms with Crippen molar-refractivity contribution in [2.24, 2.45) is 0 Å². The Bertz CT molecular complexity index is 1310. The van der Waals surface area contributed by atoms with Crippen molar-refractivity contribution in [1.29, 1.82) is 0 Å². The van der Waals surface area contributed by atoms with Crippen LogP contribution in [-0.2, 0) is 28.6 Å². The summed E-state index contributed by atoms with van der Waals surface area (Å²) >= 11 is 0. The van der Waals surface area contributed by atoms with Crippen LogP contribution in [0.5, 0.6) is 0 Å². The van der Waals surface area contributed by atoms with E-state index in [1.807, 2.05) is 0 Å². The van der Waals surface area contributed by atoms with Crippen LogP contribution < -0.4 is 0 Å². The molecule has 0 bridgehead atoms. The molecule has 0 aliphatic heterocycles. The molecule has 0 aromatic carbocycles. The minimum atomic E-state index is -0.774. The molecule has 0 aromatic heterocycles. The standard InChI is InChI=1S/C75H142O6/c1-4-7-10-13-16-19-22-25-28-30-32-34-35-36-37-38-39-40-42-43-45-47-50-53-56-59-62-65-68-74(77)80-71-72(70-79-73(76)67-64-61-58-55-52-49-27-24-21-18-15-12-9-6-3)81-75(78)69-66-63-60-57-54-51-48-46-44-41-33-31-29-26-23-20-17-14-11-8-5-2/h24,27,31,33,72H,4-23,25-26,28-30,32,34-71H2,1-3H3/b27-24-,33-31-. The van der Waals surface area contributed by atoms with Gasteiger partial charge in [0.25, 0.3) is 0 Å². The summed E-state index contributed by atoms with van der Waals surface area (Å²) in [6, 6.07) is 0. The third-order valence-electron chi connectivity index (χ3n) is 16.9. The first kappa shape index (κ1) is 78.9. The fourth-order valence-electron chi connectivity index (χ4n) is 11.4. The maximum Gasteiger partial charge on any atom is 0.306 e. The van der Waals surface area contributed by atoms with Gasteiger partial charge in [-0.25, -0.2) is 0 Å². The SMILES string of the molecule is CCCCCCC/C=C\CCCCCCCC(=O)OCC(COC(=O)CCCCCCCCCCCCCCCCCCCCCCCCCCCCCC)OC(=O)CCCCCCCCCCC/C=C\CCCCCCCCCC. The lowest BCUT2D eigenvalue weighted by Crippen LogP contribution is -2.30. The molecule has 0 N–H and O–H groups in total. The van der Waals surface area contributed by atoms with Crippen LogP contribution in [0, 0.1) is 0 Å². The average molecular weight is 1140 g/mol. The van der Waals surface area contributed by atoms with Gasteiger partial charge in [0.05, 0.1) is 0 Å². The van der Waals surface area contributed by atoms with E-state index in [-0.39, 0.29) is 31.1 Å². The third kappa shape index (κ3) is 68.6. The normalized spacial score (nSPS) is 12.1. The first-order valence-corrected chi connectivity index (χ1v) is 36.8. The van der Waals surface area contributed by atoms with Gasteiger partial charge in [0.15, 0.2) is 6.10 Å². The zero-order chi connectivity index (χ0) is 58.5. The Labute approximate surface area is 506 Å². The van der Waals surface area contributed by atoms with Gasteiger partial charge in [0.1, 0.15) is 13.2 Å². The van der Waals surface area contributed by atoms with Gasteiger partial charge >= 0.3 is 17.9 Å². The molecule has 0 radical (unpaired) electrons. The molecular formula is C75H142O6. The van der Waals surface area contributed by atoms with Gasteiger partial charge in [0.2, 0.25) is 0 Å². The Hall–Kier alpha value is -2.11. The van der Waals surface area contributed by atoms with Crippen LogP contribution in [0.4, 0.5) is 0 Å². The van der Waals surface area contributed by atoms with Gasteiger partial charge in [-0.2, -0.15) is 0 Å². The van der Waals surface area contributed by atoms with Gasteiger partial charge in [-0.05, 0) is 70.6 Å². The summed E-state index contributed by atoms with van der Waals surface area (Å²) in [5.41, 5.74) is 0. The third-order valence-corrected chi connectivity index (χ3v) is 16.9. The van der Waals surface area contributed by atoms with Gasteiger partial charge in [-0.3, -0.25) is 14.4 Å². The van der Waals surface area contributed by atoms with Crippen molar-refractivity contribution >= 4 is 17.9 Å².